The maximum absolute atomic E-state index is 13.4. The fraction of sp³-hybridized carbons (Fsp3) is 0.100. The van der Waals surface area contributed by atoms with Gasteiger partial charge < -0.3 is 16.8 Å². The Hall–Kier alpha value is -4.23. The maximum atomic E-state index is 13.4. The second kappa shape index (κ2) is 7.89. The molecule has 4 aromatic rings. The highest BCUT2D eigenvalue weighted by Gasteiger charge is 2.21. The molecule has 0 saturated carbocycles. The first-order valence-electron chi connectivity index (χ1n) is 9.12. The Morgan fingerprint density at radius 1 is 1.19 bits per heavy atom. The number of benzene rings is 1. The Kier molecular flexibility index (Phi) is 5.10. The number of halogens is 1. The molecule has 0 saturated heterocycles. The average molecular weight is 434 g/mol. The third-order valence-electron chi connectivity index (χ3n) is 4.58. The number of hydrogen-bond donors (Lipinski definition) is 3. The predicted molar refractivity (Wildman–Crippen MR) is 118 cm³/mol. The summed E-state index contributed by atoms with van der Waals surface area (Å²) in [7, 11) is 0. The molecule has 0 aliphatic carbocycles. The minimum absolute atomic E-state index is 0.0418. The number of rotatable bonds is 4. The van der Waals surface area contributed by atoms with Gasteiger partial charge in [0.1, 0.15) is 23.3 Å². The minimum atomic E-state index is -0.586. The smallest absolute Gasteiger partial charge is 0.267 e. The molecule has 0 spiro atoms. The van der Waals surface area contributed by atoms with Crippen LogP contribution in [0.5, 0.6) is 0 Å². The Balaban J connectivity index is 1.94. The standard InChI is InChI=1S/C20H16ClN9O/c1-10(26-17-12(8-22)16(23)28-20(24)29-17)18-27-14-6-2-5-13(21)15(14)19(31)30(18)11-4-3-7-25-9-11/h2-7,9-10H,1H3,(H5,23,24,26,28,29)/t10-/m1/s1. The molecular formula is C20H16ClN9O. The number of hydrogen-bond acceptors (Lipinski definition) is 9. The van der Waals surface area contributed by atoms with Crippen molar-refractivity contribution in [1.29, 1.82) is 5.26 Å². The van der Waals surface area contributed by atoms with E-state index in [1.165, 1.54) is 4.57 Å². The van der Waals surface area contributed by atoms with Gasteiger partial charge in [-0.05, 0) is 31.2 Å². The fourth-order valence-corrected chi connectivity index (χ4v) is 3.46. The van der Waals surface area contributed by atoms with Gasteiger partial charge in [-0.25, -0.2) is 4.98 Å². The van der Waals surface area contributed by atoms with Crippen LogP contribution < -0.4 is 22.3 Å². The van der Waals surface area contributed by atoms with Crippen LogP contribution in [-0.4, -0.2) is 24.5 Å². The lowest BCUT2D eigenvalue weighted by molar-refractivity contribution is 0.729. The lowest BCUT2D eigenvalue weighted by atomic mass is 10.2. The summed E-state index contributed by atoms with van der Waals surface area (Å²) in [4.78, 5) is 30.1. The molecule has 3 heterocycles. The van der Waals surface area contributed by atoms with Crippen molar-refractivity contribution in [2.75, 3.05) is 16.8 Å². The summed E-state index contributed by atoms with van der Waals surface area (Å²) in [6.45, 7) is 1.76. The first kappa shape index (κ1) is 20.1. The van der Waals surface area contributed by atoms with Gasteiger partial charge in [0.25, 0.3) is 5.56 Å². The Labute approximate surface area is 181 Å². The highest BCUT2D eigenvalue weighted by atomic mass is 35.5. The molecule has 154 valence electrons. The molecule has 0 bridgehead atoms. The number of aromatic nitrogens is 5. The summed E-state index contributed by atoms with van der Waals surface area (Å²) >= 11 is 6.29. The summed E-state index contributed by atoms with van der Waals surface area (Å²) in [5, 5.41) is 13.1. The zero-order valence-corrected chi connectivity index (χ0v) is 17.0. The van der Waals surface area contributed by atoms with Crippen LogP contribution in [0.25, 0.3) is 16.6 Å². The number of nitrogens with one attached hydrogen (secondary N) is 1. The third kappa shape index (κ3) is 3.58. The molecule has 4 rings (SSSR count). The molecule has 0 radical (unpaired) electrons. The molecular weight excluding hydrogens is 418 g/mol. The summed E-state index contributed by atoms with van der Waals surface area (Å²) in [5.41, 5.74) is 12.1. The molecule has 0 fully saturated rings. The zero-order chi connectivity index (χ0) is 22.1. The van der Waals surface area contributed by atoms with E-state index in [-0.39, 0.29) is 34.1 Å². The zero-order valence-electron chi connectivity index (χ0n) is 16.2. The summed E-state index contributed by atoms with van der Waals surface area (Å²) in [6, 6.07) is 9.86. The maximum Gasteiger partial charge on any atom is 0.267 e. The van der Waals surface area contributed by atoms with Crippen molar-refractivity contribution < 1.29 is 0 Å². The summed E-state index contributed by atoms with van der Waals surface area (Å²) < 4.78 is 1.42. The van der Waals surface area contributed by atoms with Crippen LogP contribution in [0, 0.1) is 11.3 Å². The van der Waals surface area contributed by atoms with Crippen LogP contribution in [-0.2, 0) is 0 Å². The second-order valence-electron chi connectivity index (χ2n) is 6.62. The van der Waals surface area contributed by atoms with Crippen molar-refractivity contribution in [1.82, 2.24) is 24.5 Å². The van der Waals surface area contributed by atoms with Gasteiger partial charge in [-0.2, -0.15) is 15.2 Å². The van der Waals surface area contributed by atoms with E-state index in [4.69, 9.17) is 23.1 Å². The third-order valence-corrected chi connectivity index (χ3v) is 4.90. The lowest BCUT2D eigenvalue weighted by Gasteiger charge is -2.20. The van der Waals surface area contributed by atoms with Crippen LogP contribution in [0.3, 0.4) is 0 Å². The number of nitriles is 1. The van der Waals surface area contributed by atoms with E-state index in [0.717, 1.165) is 0 Å². The van der Waals surface area contributed by atoms with E-state index in [2.05, 4.69) is 25.3 Å². The molecule has 0 aliphatic heterocycles. The van der Waals surface area contributed by atoms with Gasteiger partial charge in [0, 0.05) is 6.20 Å². The van der Waals surface area contributed by atoms with E-state index < -0.39 is 6.04 Å². The van der Waals surface area contributed by atoms with Gasteiger partial charge in [-0.15, -0.1) is 0 Å². The molecule has 1 aromatic carbocycles. The quantitative estimate of drug-likeness (QED) is 0.438. The number of nitrogens with two attached hydrogens (primary N) is 2. The largest absolute Gasteiger partial charge is 0.382 e. The number of anilines is 3. The molecule has 0 unspecified atom stereocenters. The van der Waals surface area contributed by atoms with Gasteiger partial charge in [0.2, 0.25) is 5.95 Å². The normalized spacial score (nSPS) is 11.8. The summed E-state index contributed by atoms with van der Waals surface area (Å²) in [6.07, 6.45) is 3.15. The van der Waals surface area contributed by atoms with E-state index in [1.807, 2.05) is 6.07 Å². The minimum Gasteiger partial charge on any atom is -0.382 e. The van der Waals surface area contributed by atoms with Crippen molar-refractivity contribution in [3.63, 3.8) is 0 Å². The van der Waals surface area contributed by atoms with E-state index in [0.29, 0.717) is 22.1 Å². The molecule has 0 amide bonds. The van der Waals surface area contributed by atoms with Crippen molar-refractivity contribution in [3.05, 3.63) is 69.5 Å². The molecule has 31 heavy (non-hydrogen) atoms. The number of pyridine rings is 1. The Morgan fingerprint density at radius 3 is 2.71 bits per heavy atom. The Bertz CT molecular complexity index is 1400. The SMILES string of the molecule is C[C@@H](Nc1nc(N)nc(N)c1C#N)c1nc2cccc(Cl)c2c(=O)n1-c1cccnc1. The average Bonchev–Trinajstić information content (AvgIpc) is 2.74. The van der Waals surface area contributed by atoms with Gasteiger partial charge in [0.15, 0.2) is 5.82 Å². The van der Waals surface area contributed by atoms with Gasteiger partial charge in [-0.3, -0.25) is 14.3 Å². The number of fused-ring (bicyclic) bond motifs is 1. The lowest BCUT2D eigenvalue weighted by Crippen LogP contribution is -2.28. The van der Waals surface area contributed by atoms with E-state index in [9.17, 15) is 10.1 Å². The molecule has 1 atom stereocenters. The molecule has 5 N–H and O–H groups in total. The van der Waals surface area contributed by atoms with Crippen LogP contribution in [0.1, 0.15) is 24.4 Å². The van der Waals surface area contributed by atoms with E-state index >= 15 is 0 Å². The van der Waals surface area contributed by atoms with Crippen LogP contribution in [0.15, 0.2) is 47.5 Å². The van der Waals surface area contributed by atoms with Crippen molar-refractivity contribution in [2.24, 2.45) is 0 Å². The molecule has 3 aromatic heterocycles. The van der Waals surface area contributed by atoms with Crippen molar-refractivity contribution >= 4 is 40.1 Å². The molecule has 0 aliphatic rings. The first-order valence-corrected chi connectivity index (χ1v) is 9.49. The molecule has 10 nitrogen and oxygen atoms in total. The van der Waals surface area contributed by atoms with Gasteiger partial charge in [-0.1, -0.05) is 17.7 Å². The second-order valence-corrected chi connectivity index (χ2v) is 7.03. The van der Waals surface area contributed by atoms with Crippen LogP contribution >= 0.6 is 11.6 Å². The van der Waals surface area contributed by atoms with Crippen molar-refractivity contribution in [3.8, 4) is 11.8 Å². The highest BCUT2D eigenvalue weighted by molar-refractivity contribution is 6.35. The fourth-order valence-electron chi connectivity index (χ4n) is 3.21. The van der Waals surface area contributed by atoms with Gasteiger partial charge >= 0.3 is 0 Å². The van der Waals surface area contributed by atoms with E-state index in [1.54, 1.807) is 49.6 Å². The van der Waals surface area contributed by atoms with Crippen LogP contribution in [0.4, 0.5) is 17.6 Å². The van der Waals surface area contributed by atoms with Crippen LogP contribution in [0.2, 0.25) is 5.02 Å². The Morgan fingerprint density at radius 2 is 2.00 bits per heavy atom. The molecule has 11 heteroatoms. The number of nitrogens with zero attached hydrogens (tertiary/aromatic N) is 6. The number of nitrogen functional groups attached to an aromatic ring is 2. The predicted octanol–water partition coefficient (Wildman–Crippen LogP) is 2.43. The van der Waals surface area contributed by atoms with Crippen molar-refractivity contribution in [2.45, 2.75) is 13.0 Å². The summed E-state index contributed by atoms with van der Waals surface area (Å²) in [5.74, 6) is 0.354. The topological polar surface area (TPSA) is 161 Å². The van der Waals surface area contributed by atoms with Gasteiger partial charge in [0.05, 0.1) is 33.9 Å². The monoisotopic (exact) mass is 433 g/mol. The highest BCUT2D eigenvalue weighted by Crippen LogP contribution is 2.26. The first-order chi connectivity index (χ1) is 14.9.